The number of amides is 2. The van der Waals surface area contributed by atoms with Crippen molar-refractivity contribution in [3.05, 3.63) is 34.9 Å². The first-order valence-corrected chi connectivity index (χ1v) is 8.23. The van der Waals surface area contributed by atoms with Crippen molar-refractivity contribution in [2.24, 2.45) is 0 Å². The second-order valence-corrected chi connectivity index (χ2v) is 6.60. The topological polar surface area (TPSA) is 107 Å². The van der Waals surface area contributed by atoms with Crippen LogP contribution in [-0.2, 0) is 20.8 Å². The van der Waals surface area contributed by atoms with E-state index in [-0.39, 0.29) is 25.3 Å². The van der Waals surface area contributed by atoms with Gasteiger partial charge in [-0.1, -0.05) is 18.2 Å². The molecule has 0 unspecified atom stereocenters. The maximum absolute atomic E-state index is 12.5. The number of nitrogens with one attached hydrogen (secondary N) is 1. The molecule has 7 heteroatoms. The molecule has 0 saturated carbocycles. The third-order valence-corrected chi connectivity index (χ3v) is 4.61. The lowest BCUT2D eigenvalue weighted by atomic mass is 10.0. The average Bonchev–Trinajstić information content (AvgIpc) is 2.92. The van der Waals surface area contributed by atoms with Gasteiger partial charge in [-0.15, -0.1) is 0 Å². The molecule has 0 radical (unpaired) electrons. The monoisotopic (exact) mass is 348 g/mol. The number of β-amino-alcohol motifs (C(OH)–C–C–N with tert-alkyl or cyclic N) is 1. The Kier molecular flexibility index (Phi) is 5.79. The van der Waals surface area contributed by atoms with Crippen LogP contribution in [0.4, 0.5) is 0 Å². The number of carboxylic acid groups (broad SMARTS) is 1. The van der Waals surface area contributed by atoms with Crippen LogP contribution in [-0.4, -0.2) is 57.6 Å². The Morgan fingerprint density at radius 3 is 2.52 bits per heavy atom. The van der Waals surface area contributed by atoms with Gasteiger partial charge in [0.05, 0.1) is 6.10 Å². The van der Waals surface area contributed by atoms with Crippen LogP contribution in [0.5, 0.6) is 0 Å². The van der Waals surface area contributed by atoms with Crippen molar-refractivity contribution < 1.29 is 24.6 Å². The third-order valence-electron chi connectivity index (χ3n) is 4.61. The van der Waals surface area contributed by atoms with E-state index in [9.17, 15) is 24.6 Å². The van der Waals surface area contributed by atoms with E-state index in [0.29, 0.717) is 0 Å². The highest BCUT2D eigenvalue weighted by atomic mass is 16.4. The number of carbonyl (C=O) groups is 3. The second-order valence-electron chi connectivity index (χ2n) is 6.60. The van der Waals surface area contributed by atoms with Crippen molar-refractivity contribution in [1.82, 2.24) is 10.2 Å². The number of likely N-dealkylation sites (tertiary alicyclic amines) is 1. The number of carbonyl (C=O) groups excluding carboxylic acids is 2. The Labute approximate surface area is 146 Å². The summed E-state index contributed by atoms with van der Waals surface area (Å²) in [5.41, 5.74) is 2.97. The minimum atomic E-state index is -1.14. The van der Waals surface area contributed by atoms with E-state index < -0.39 is 30.1 Å². The SMILES string of the molecule is CC(=O)N1C[C@H](O)C[C@H]1C(=O)N[C@@H](Cc1ccc(C)c(C)c1)C(=O)O. The Hall–Kier alpha value is -2.41. The van der Waals surface area contributed by atoms with Crippen molar-refractivity contribution in [3.63, 3.8) is 0 Å². The van der Waals surface area contributed by atoms with Gasteiger partial charge in [-0.25, -0.2) is 4.79 Å². The molecule has 1 fully saturated rings. The van der Waals surface area contributed by atoms with E-state index in [0.717, 1.165) is 16.7 Å². The molecule has 136 valence electrons. The molecular formula is C18H24N2O5. The van der Waals surface area contributed by atoms with Gasteiger partial charge in [-0.05, 0) is 30.5 Å². The highest BCUT2D eigenvalue weighted by Gasteiger charge is 2.38. The fraction of sp³-hybridized carbons (Fsp3) is 0.500. The van der Waals surface area contributed by atoms with Gasteiger partial charge in [0, 0.05) is 26.3 Å². The molecule has 25 heavy (non-hydrogen) atoms. The summed E-state index contributed by atoms with van der Waals surface area (Å²) in [5, 5.41) is 21.6. The lowest BCUT2D eigenvalue weighted by molar-refractivity contribution is -0.143. The van der Waals surface area contributed by atoms with Crippen molar-refractivity contribution >= 4 is 17.8 Å². The highest BCUT2D eigenvalue weighted by Crippen LogP contribution is 2.19. The van der Waals surface area contributed by atoms with Crippen LogP contribution in [0.15, 0.2) is 18.2 Å². The van der Waals surface area contributed by atoms with Crippen molar-refractivity contribution in [2.45, 2.75) is 51.8 Å². The van der Waals surface area contributed by atoms with Gasteiger partial charge in [-0.2, -0.15) is 0 Å². The van der Waals surface area contributed by atoms with Crippen LogP contribution < -0.4 is 5.32 Å². The normalized spacial score (nSPS) is 21.0. The van der Waals surface area contributed by atoms with Crippen LogP contribution in [0, 0.1) is 13.8 Å². The zero-order chi connectivity index (χ0) is 18.7. The minimum absolute atomic E-state index is 0.0856. The summed E-state index contributed by atoms with van der Waals surface area (Å²) >= 11 is 0. The predicted molar refractivity (Wildman–Crippen MR) is 91.0 cm³/mol. The molecule has 3 N–H and O–H groups in total. The molecule has 0 aromatic heterocycles. The van der Waals surface area contributed by atoms with Crippen molar-refractivity contribution in [1.29, 1.82) is 0 Å². The van der Waals surface area contributed by atoms with Gasteiger partial charge < -0.3 is 20.4 Å². The first-order valence-electron chi connectivity index (χ1n) is 8.23. The first-order chi connectivity index (χ1) is 11.7. The fourth-order valence-corrected chi connectivity index (χ4v) is 3.04. The molecule has 2 amide bonds. The van der Waals surface area contributed by atoms with E-state index in [2.05, 4.69) is 5.32 Å². The lowest BCUT2D eigenvalue weighted by Crippen LogP contribution is -2.51. The second kappa shape index (κ2) is 7.65. The molecule has 1 saturated heterocycles. The Bertz CT molecular complexity index is 688. The molecule has 0 bridgehead atoms. The summed E-state index contributed by atoms with van der Waals surface area (Å²) < 4.78 is 0. The summed E-state index contributed by atoms with van der Waals surface area (Å²) in [6, 6.07) is 3.72. The van der Waals surface area contributed by atoms with Gasteiger partial charge in [0.25, 0.3) is 0 Å². The van der Waals surface area contributed by atoms with Crippen LogP contribution in [0.25, 0.3) is 0 Å². The average molecular weight is 348 g/mol. The highest BCUT2D eigenvalue weighted by molar-refractivity contribution is 5.90. The molecule has 2 rings (SSSR count). The zero-order valence-corrected chi connectivity index (χ0v) is 14.7. The molecule has 1 heterocycles. The van der Waals surface area contributed by atoms with E-state index in [1.807, 2.05) is 32.0 Å². The van der Waals surface area contributed by atoms with Crippen LogP contribution >= 0.6 is 0 Å². The quantitative estimate of drug-likeness (QED) is 0.714. The third kappa shape index (κ3) is 4.57. The van der Waals surface area contributed by atoms with E-state index >= 15 is 0 Å². The maximum Gasteiger partial charge on any atom is 0.326 e. The number of aliphatic carboxylic acids is 1. The number of aliphatic hydroxyl groups excluding tert-OH is 1. The molecule has 1 aromatic carbocycles. The standard InChI is InChI=1S/C18H24N2O5/c1-10-4-5-13(6-11(10)2)7-15(18(24)25)19-17(23)16-8-14(22)9-20(16)12(3)21/h4-6,14-16,22H,7-9H2,1-3H3,(H,19,23)(H,24,25)/t14-,15+,16+/m1/s1. The number of aryl methyl sites for hydroxylation is 2. The Balaban J connectivity index is 2.10. The molecule has 7 nitrogen and oxygen atoms in total. The number of hydrogen-bond donors (Lipinski definition) is 3. The Morgan fingerprint density at radius 1 is 1.28 bits per heavy atom. The van der Waals surface area contributed by atoms with Crippen LogP contribution in [0.3, 0.4) is 0 Å². The summed E-state index contributed by atoms with van der Waals surface area (Å²) in [5.74, 6) is -2.01. The van der Waals surface area contributed by atoms with Gasteiger partial charge in [0.2, 0.25) is 11.8 Å². The first kappa shape index (κ1) is 18.9. The number of aliphatic hydroxyl groups is 1. The zero-order valence-electron chi connectivity index (χ0n) is 14.7. The van der Waals surface area contributed by atoms with E-state index in [1.165, 1.54) is 11.8 Å². The molecule has 1 aliphatic heterocycles. The molecule has 3 atom stereocenters. The molecule has 0 aliphatic carbocycles. The maximum atomic E-state index is 12.5. The number of hydrogen-bond acceptors (Lipinski definition) is 4. The number of nitrogens with zero attached hydrogens (tertiary/aromatic N) is 1. The molecule has 1 aliphatic rings. The summed E-state index contributed by atoms with van der Waals surface area (Å²) in [4.78, 5) is 36.9. The largest absolute Gasteiger partial charge is 0.480 e. The number of benzene rings is 1. The van der Waals surface area contributed by atoms with Gasteiger partial charge in [0.15, 0.2) is 0 Å². The van der Waals surface area contributed by atoms with Crippen molar-refractivity contribution in [2.75, 3.05) is 6.54 Å². The smallest absolute Gasteiger partial charge is 0.326 e. The lowest BCUT2D eigenvalue weighted by Gasteiger charge is -2.24. The molecule has 0 spiro atoms. The van der Waals surface area contributed by atoms with Gasteiger partial charge >= 0.3 is 5.97 Å². The summed E-state index contributed by atoms with van der Waals surface area (Å²) in [6.45, 7) is 5.32. The summed E-state index contributed by atoms with van der Waals surface area (Å²) in [6.07, 6.45) is -0.512. The van der Waals surface area contributed by atoms with Crippen molar-refractivity contribution in [3.8, 4) is 0 Å². The van der Waals surface area contributed by atoms with E-state index in [1.54, 1.807) is 0 Å². The molecular weight excluding hydrogens is 324 g/mol. The number of rotatable bonds is 5. The van der Waals surface area contributed by atoms with Gasteiger partial charge in [0.1, 0.15) is 12.1 Å². The summed E-state index contributed by atoms with van der Waals surface area (Å²) in [7, 11) is 0. The predicted octanol–water partition coefficient (Wildman–Crippen LogP) is 0.397. The number of carboxylic acids is 1. The van der Waals surface area contributed by atoms with Gasteiger partial charge in [-0.3, -0.25) is 9.59 Å². The minimum Gasteiger partial charge on any atom is -0.480 e. The Morgan fingerprint density at radius 2 is 1.96 bits per heavy atom. The van der Waals surface area contributed by atoms with E-state index in [4.69, 9.17) is 0 Å². The van der Waals surface area contributed by atoms with Crippen LogP contribution in [0.2, 0.25) is 0 Å². The fourth-order valence-electron chi connectivity index (χ4n) is 3.04. The molecule has 1 aromatic rings. The van der Waals surface area contributed by atoms with Crippen LogP contribution in [0.1, 0.15) is 30.0 Å².